The Morgan fingerprint density at radius 1 is 1.03 bits per heavy atom. The van der Waals surface area contributed by atoms with Gasteiger partial charge in [-0.1, -0.05) is 59.0 Å². The average molecular weight is 579 g/mol. The minimum Gasteiger partial charge on any atom is -0.484 e. The van der Waals surface area contributed by atoms with Gasteiger partial charge < -0.3 is 15.4 Å². The summed E-state index contributed by atoms with van der Waals surface area (Å²) in [7, 11) is 0. The lowest BCUT2D eigenvalue weighted by Crippen LogP contribution is -2.29. The third kappa shape index (κ3) is 6.94. The molecule has 2 amide bonds. The van der Waals surface area contributed by atoms with E-state index >= 15 is 0 Å². The Morgan fingerprint density at radius 2 is 1.85 bits per heavy atom. The number of aryl methyl sites for hydroxylation is 1. The Morgan fingerprint density at radius 3 is 2.64 bits per heavy atom. The Bertz CT molecular complexity index is 1590. The Hall–Kier alpha value is -3.93. The Labute approximate surface area is 237 Å². The molecule has 5 aromatic rings. The van der Waals surface area contributed by atoms with E-state index in [1.165, 1.54) is 23.1 Å². The molecular weight excluding hydrogens is 556 g/mol. The summed E-state index contributed by atoms with van der Waals surface area (Å²) in [5.41, 5.74) is 2.72. The lowest BCUT2D eigenvalue weighted by atomic mass is 10.2. The molecule has 0 aliphatic rings. The van der Waals surface area contributed by atoms with Crippen molar-refractivity contribution in [2.24, 2.45) is 0 Å². The fourth-order valence-electron chi connectivity index (χ4n) is 3.65. The molecule has 0 aliphatic heterocycles. The zero-order valence-electron chi connectivity index (χ0n) is 20.8. The number of anilines is 1. The summed E-state index contributed by atoms with van der Waals surface area (Å²) in [4.78, 5) is 29.6. The molecule has 3 aromatic carbocycles. The quantitative estimate of drug-likeness (QED) is 0.217. The van der Waals surface area contributed by atoms with Gasteiger partial charge in [-0.05, 0) is 61.0 Å². The molecule has 0 aliphatic carbocycles. The standard InChI is InChI=1S/C27H23ClN6O3S2/c1-17-5-4-6-19(13-17)34-23(14-29-24(35)15-37-20-11-9-18(28)10-12-20)32-33-27(34)38-16-25(36)31-26-30-21-7-2-3-8-22(21)39-26/h2-13H,14-16H2,1H3,(H,29,35)(H,30,31,36). The van der Waals surface area contributed by atoms with Gasteiger partial charge >= 0.3 is 0 Å². The maximum absolute atomic E-state index is 12.7. The topological polar surface area (TPSA) is 111 Å². The molecule has 0 fully saturated rings. The van der Waals surface area contributed by atoms with Crippen LogP contribution in [-0.2, 0) is 16.1 Å². The van der Waals surface area contributed by atoms with Crippen LogP contribution in [0.1, 0.15) is 11.4 Å². The molecule has 0 spiro atoms. The zero-order chi connectivity index (χ0) is 27.2. The Kier molecular flexibility index (Phi) is 8.40. The van der Waals surface area contributed by atoms with E-state index in [1.807, 2.05) is 60.0 Å². The smallest absolute Gasteiger partial charge is 0.258 e. The van der Waals surface area contributed by atoms with E-state index in [0.29, 0.717) is 26.9 Å². The number of thioether (sulfide) groups is 1. The number of amides is 2. The first kappa shape index (κ1) is 26.7. The number of carbonyl (C=O) groups excluding carboxylic acids is 2. The maximum atomic E-state index is 12.7. The predicted octanol–water partition coefficient (Wildman–Crippen LogP) is 5.26. The number of halogens is 1. The molecule has 198 valence electrons. The molecule has 0 bridgehead atoms. The van der Waals surface area contributed by atoms with Gasteiger partial charge in [0.2, 0.25) is 5.91 Å². The molecule has 0 atom stereocenters. The van der Waals surface area contributed by atoms with Crippen LogP contribution in [0, 0.1) is 6.92 Å². The van der Waals surface area contributed by atoms with Gasteiger partial charge in [0.1, 0.15) is 5.75 Å². The van der Waals surface area contributed by atoms with Gasteiger partial charge in [0.05, 0.1) is 22.5 Å². The van der Waals surface area contributed by atoms with E-state index in [0.717, 1.165) is 21.5 Å². The van der Waals surface area contributed by atoms with Gasteiger partial charge in [0, 0.05) is 10.7 Å². The SMILES string of the molecule is Cc1cccc(-n2c(CNC(=O)COc3ccc(Cl)cc3)nnc2SCC(=O)Nc2nc3ccccc3s2)c1. The van der Waals surface area contributed by atoms with Crippen LogP contribution in [-0.4, -0.2) is 43.9 Å². The van der Waals surface area contributed by atoms with Gasteiger partial charge in [0.25, 0.3) is 5.91 Å². The number of carbonyl (C=O) groups is 2. The molecule has 2 N–H and O–H groups in total. The van der Waals surface area contributed by atoms with Gasteiger partial charge in [-0.25, -0.2) is 4.98 Å². The van der Waals surface area contributed by atoms with E-state index in [1.54, 1.807) is 24.3 Å². The van der Waals surface area contributed by atoms with E-state index < -0.39 is 0 Å². The van der Waals surface area contributed by atoms with Crippen molar-refractivity contribution in [3.8, 4) is 11.4 Å². The average Bonchev–Trinajstić information content (AvgIpc) is 3.53. The van der Waals surface area contributed by atoms with Gasteiger partial charge in [-0.15, -0.1) is 10.2 Å². The van der Waals surface area contributed by atoms with Crippen LogP contribution >= 0.6 is 34.7 Å². The van der Waals surface area contributed by atoms with Gasteiger partial charge in [-0.3, -0.25) is 14.2 Å². The summed E-state index contributed by atoms with van der Waals surface area (Å²) in [5.74, 6) is 0.663. The number of thiazole rings is 1. The highest BCUT2D eigenvalue weighted by molar-refractivity contribution is 7.99. The number of benzene rings is 3. The van der Waals surface area contributed by atoms with Crippen molar-refractivity contribution in [3.05, 3.63) is 89.2 Å². The second-order valence-electron chi connectivity index (χ2n) is 8.42. The minimum atomic E-state index is -0.312. The number of nitrogens with zero attached hydrogens (tertiary/aromatic N) is 4. The number of fused-ring (bicyclic) bond motifs is 1. The molecule has 0 saturated heterocycles. The lowest BCUT2D eigenvalue weighted by molar-refractivity contribution is -0.123. The van der Waals surface area contributed by atoms with Crippen molar-refractivity contribution >= 4 is 61.9 Å². The van der Waals surface area contributed by atoms with Crippen LogP contribution < -0.4 is 15.4 Å². The number of ether oxygens (including phenoxy) is 1. The molecule has 2 aromatic heterocycles. The minimum absolute atomic E-state index is 0.112. The first-order valence-electron chi connectivity index (χ1n) is 11.9. The summed E-state index contributed by atoms with van der Waals surface area (Å²) in [5, 5.41) is 15.9. The molecule has 0 radical (unpaired) electrons. The lowest BCUT2D eigenvalue weighted by Gasteiger charge is -2.12. The second kappa shape index (κ2) is 12.3. The summed E-state index contributed by atoms with van der Waals surface area (Å²) in [6.07, 6.45) is 0. The molecule has 39 heavy (non-hydrogen) atoms. The summed E-state index contributed by atoms with van der Waals surface area (Å²) < 4.78 is 8.35. The van der Waals surface area contributed by atoms with Gasteiger partial charge in [-0.2, -0.15) is 0 Å². The first-order chi connectivity index (χ1) is 18.9. The molecular formula is C27H23ClN6O3S2. The van der Waals surface area contributed by atoms with E-state index in [9.17, 15) is 9.59 Å². The first-order valence-corrected chi connectivity index (χ1v) is 14.1. The monoisotopic (exact) mass is 578 g/mol. The maximum Gasteiger partial charge on any atom is 0.258 e. The van der Waals surface area contributed by atoms with Crippen LogP contribution in [0.15, 0.2) is 78.0 Å². The van der Waals surface area contributed by atoms with Crippen LogP contribution in [0.4, 0.5) is 5.13 Å². The predicted molar refractivity (Wildman–Crippen MR) is 154 cm³/mol. The van der Waals surface area contributed by atoms with Crippen LogP contribution in [0.25, 0.3) is 15.9 Å². The fraction of sp³-hybridized carbons (Fsp3) is 0.148. The molecule has 5 rings (SSSR count). The zero-order valence-corrected chi connectivity index (χ0v) is 23.1. The highest BCUT2D eigenvalue weighted by Gasteiger charge is 2.18. The second-order valence-corrected chi connectivity index (χ2v) is 10.8. The highest BCUT2D eigenvalue weighted by Crippen LogP contribution is 2.27. The summed E-state index contributed by atoms with van der Waals surface area (Å²) >= 11 is 8.56. The molecule has 0 unspecified atom stereocenters. The van der Waals surface area contributed by atoms with Gasteiger partial charge in [0.15, 0.2) is 22.7 Å². The van der Waals surface area contributed by atoms with Crippen molar-refractivity contribution in [2.75, 3.05) is 17.7 Å². The van der Waals surface area contributed by atoms with E-state index in [4.69, 9.17) is 16.3 Å². The molecule has 12 heteroatoms. The van der Waals surface area contributed by atoms with Crippen LogP contribution in [0.3, 0.4) is 0 Å². The number of para-hydroxylation sites is 1. The highest BCUT2D eigenvalue weighted by atomic mass is 35.5. The normalized spacial score (nSPS) is 10.9. The summed E-state index contributed by atoms with van der Waals surface area (Å²) in [6, 6.07) is 22.3. The number of hydrogen-bond donors (Lipinski definition) is 2. The third-order valence-electron chi connectivity index (χ3n) is 5.46. The van der Waals surface area contributed by atoms with E-state index in [2.05, 4.69) is 25.8 Å². The number of hydrogen-bond acceptors (Lipinski definition) is 8. The van der Waals surface area contributed by atoms with Crippen LogP contribution in [0.5, 0.6) is 5.75 Å². The number of aromatic nitrogens is 4. The van der Waals surface area contributed by atoms with Crippen molar-refractivity contribution in [2.45, 2.75) is 18.6 Å². The van der Waals surface area contributed by atoms with Crippen molar-refractivity contribution in [1.29, 1.82) is 0 Å². The fourth-order valence-corrected chi connectivity index (χ4v) is 5.43. The van der Waals surface area contributed by atoms with E-state index in [-0.39, 0.29) is 30.7 Å². The largest absolute Gasteiger partial charge is 0.484 e. The van der Waals surface area contributed by atoms with Crippen molar-refractivity contribution < 1.29 is 14.3 Å². The third-order valence-corrected chi connectivity index (χ3v) is 7.59. The molecule has 2 heterocycles. The summed E-state index contributed by atoms with van der Waals surface area (Å²) in [6.45, 7) is 1.96. The Balaban J connectivity index is 1.24. The molecule has 0 saturated carbocycles. The molecule has 9 nitrogen and oxygen atoms in total. The van der Waals surface area contributed by atoms with Crippen molar-refractivity contribution in [1.82, 2.24) is 25.1 Å². The van der Waals surface area contributed by atoms with Crippen molar-refractivity contribution in [3.63, 3.8) is 0 Å². The number of nitrogens with one attached hydrogen (secondary N) is 2. The van der Waals surface area contributed by atoms with Crippen LogP contribution in [0.2, 0.25) is 5.02 Å². The number of rotatable bonds is 10.